The molecule has 0 radical (unpaired) electrons. The molecule has 0 amide bonds. The van der Waals surface area contributed by atoms with Crippen molar-refractivity contribution in [1.29, 1.82) is 0 Å². The van der Waals surface area contributed by atoms with Crippen molar-refractivity contribution in [1.82, 2.24) is 0 Å². The highest BCUT2D eigenvalue weighted by Gasteiger charge is 2.38. The first-order valence-corrected chi connectivity index (χ1v) is 13.6. The molecule has 1 N–H and O–H groups in total. The van der Waals surface area contributed by atoms with Crippen LogP contribution >= 0.6 is 11.6 Å². The third kappa shape index (κ3) is 5.87. The molecule has 0 heterocycles. The monoisotopic (exact) mass is 480 g/mol. The van der Waals surface area contributed by atoms with Crippen LogP contribution in [0.25, 0.3) is 0 Å². The van der Waals surface area contributed by atoms with Crippen molar-refractivity contribution in [2.45, 2.75) is 96.8 Å². The van der Waals surface area contributed by atoms with Crippen LogP contribution in [-0.2, 0) is 9.84 Å². The molecule has 2 fully saturated rings. The van der Waals surface area contributed by atoms with Gasteiger partial charge in [0.25, 0.3) is 0 Å². The number of hydrogen-bond donors (Lipinski definition) is 1. The molecule has 3 unspecified atom stereocenters. The van der Waals surface area contributed by atoms with E-state index in [2.05, 4.69) is 39.2 Å². The van der Waals surface area contributed by atoms with Crippen molar-refractivity contribution < 1.29 is 13.5 Å². The van der Waals surface area contributed by atoms with E-state index in [1.54, 1.807) is 26.8 Å². The predicted molar refractivity (Wildman–Crippen MR) is 137 cm³/mol. The van der Waals surface area contributed by atoms with Crippen molar-refractivity contribution >= 4 is 21.4 Å². The lowest BCUT2D eigenvalue weighted by Gasteiger charge is -2.43. The zero-order chi connectivity index (χ0) is 24.3. The molecule has 32 heavy (non-hydrogen) atoms. The predicted octanol–water partition coefficient (Wildman–Crippen LogP) is 7.40. The Morgan fingerprint density at radius 1 is 1.25 bits per heavy atom. The maximum Gasteiger partial charge on any atom is 0.193 e. The van der Waals surface area contributed by atoms with E-state index < -0.39 is 20.7 Å². The summed E-state index contributed by atoms with van der Waals surface area (Å²) in [6.07, 6.45) is 12.9. The average Bonchev–Trinajstić information content (AvgIpc) is 2.70. The van der Waals surface area contributed by atoms with Gasteiger partial charge in [0.1, 0.15) is 4.36 Å². The molecule has 0 aromatic carbocycles. The highest BCUT2D eigenvalue weighted by Crippen LogP contribution is 2.49. The van der Waals surface area contributed by atoms with E-state index >= 15 is 0 Å². The summed E-state index contributed by atoms with van der Waals surface area (Å²) in [5.74, 6) is 0.347. The van der Waals surface area contributed by atoms with Crippen molar-refractivity contribution in [2.24, 2.45) is 11.3 Å². The summed E-state index contributed by atoms with van der Waals surface area (Å²) < 4.78 is 24.0. The fraction of sp³-hybridized carbons (Fsp3) is 0.630. The molecule has 2 aliphatic carbocycles. The second kappa shape index (κ2) is 10.4. The Morgan fingerprint density at radius 2 is 1.91 bits per heavy atom. The molecule has 0 bridgehead atoms. The van der Waals surface area contributed by atoms with Crippen molar-refractivity contribution in [3.05, 3.63) is 58.0 Å². The van der Waals surface area contributed by atoms with Crippen molar-refractivity contribution in [3.8, 4) is 0 Å². The number of aliphatic hydroxyl groups excluding tert-OH is 1. The van der Waals surface area contributed by atoms with Crippen LogP contribution in [0.5, 0.6) is 0 Å². The maximum atomic E-state index is 12.5. The third-order valence-corrected chi connectivity index (χ3v) is 10.6. The molecule has 0 aromatic heterocycles. The second-order valence-corrected chi connectivity index (χ2v) is 13.9. The summed E-state index contributed by atoms with van der Waals surface area (Å²) in [6.45, 7) is 18.0. The first kappa shape index (κ1) is 27.1. The zero-order valence-corrected chi connectivity index (χ0v) is 22.1. The Kier molecular flexibility index (Phi) is 8.86. The van der Waals surface area contributed by atoms with Gasteiger partial charge in [0, 0.05) is 0 Å². The molecule has 0 spiro atoms. The minimum absolute atomic E-state index is 0.0328. The van der Waals surface area contributed by atoms with Crippen LogP contribution < -0.4 is 0 Å². The SMILES string of the molecule is C=C1/C(=C\C=C2/CCCC(C)(C(=C)CC/C=C(\Cl)S(=O)(=O)C(C)(C)C)C2C)CCCC1O. The summed E-state index contributed by atoms with van der Waals surface area (Å²) in [6, 6.07) is 0. The minimum Gasteiger partial charge on any atom is -0.388 e. The third-order valence-electron chi connectivity index (χ3n) is 7.53. The molecule has 3 nitrogen and oxygen atoms in total. The van der Waals surface area contributed by atoms with Gasteiger partial charge in [-0.15, -0.1) is 0 Å². The zero-order valence-electron chi connectivity index (χ0n) is 20.5. The van der Waals surface area contributed by atoms with Crippen LogP contribution in [0.1, 0.15) is 86.0 Å². The Hall–Kier alpha value is -1.10. The Morgan fingerprint density at radius 3 is 2.53 bits per heavy atom. The van der Waals surface area contributed by atoms with Crippen LogP contribution in [0, 0.1) is 11.3 Å². The number of aliphatic hydroxyl groups is 1. The van der Waals surface area contributed by atoms with Crippen LogP contribution in [0.2, 0.25) is 0 Å². The lowest BCUT2D eigenvalue weighted by atomic mass is 9.61. The van der Waals surface area contributed by atoms with Gasteiger partial charge in [0.2, 0.25) is 0 Å². The Labute approximate surface area is 200 Å². The lowest BCUT2D eigenvalue weighted by molar-refractivity contribution is 0.191. The van der Waals surface area contributed by atoms with Gasteiger partial charge in [-0.3, -0.25) is 0 Å². The molecule has 2 aliphatic rings. The number of rotatable bonds is 6. The summed E-state index contributed by atoms with van der Waals surface area (Å²) >= 11 is 6.15. The minimum atomic E-state index is -3.50. The Balaban J connectivity index is 2.11. The summed E-state index contributed by atoms with van der Waals surface area (Å²) in [4.78, 5) is 0. The van der Waals surface area contributed by atoms with E-state index in [1.807, 2.05) is 0 Å². The average molecular weight is 481 g/mol. The van der Waals surface area contributed by atoms with E-state index in [1.165, 1.54) is 5.57 Å². The maximum absolute atomic E-state index is 12.5. The summed E-state index contributed by atoms with van der Waals surface area (Å²) in [5, 5.41) is 10.1. The van der Waals surface area contributed by atoms with E-state index in [9.17, 15) is 13.5 Å². The second-order valence-electron chi connectivity index (χ2n) is 10.6. The molecule has 0 aliphatic heterocycles. The van der Waals surface area contributed by atoms with Crippen LogP contribution in [-0.4, -0.2) is 24.4 Å². The number of sulfone groups is 1. The largest absolute Gasteiger partial charge is 0.388 e. The van der Waals surface area contributed by atoms with E-state index in [4.69, 9.17) is 11.6 Å². The van der Waals surface area contributed by atoms with Crippen molar-refractivity contribution in [2.75, 3.05) is 0 Å². The Bertz CT molecular complexity index is 930. The van der Waals surface area contributed by atoms with Gasteiger partial charge in [-0.05, 0) is 94.6 Å². The first-order valence-electron chi connectivity index (χ1n) is 11.8. The molecular weight excluding hydrogens is 440 g/mol. The molecule has 0 aromatic rings. The number of hydrogen-bond acceptors (Lipinski definition) is 3. The van der Waals surface area contributed by atoms with Crippen molar-refractivity contribution in [3.63, 3.8) is 0 Å². The highest BCUT2D eigenvalue weighted by molar-refractivity contribution is 7.98. The normalized spacial score (nSPS) is 30.7. The van der Waals surface area contributed by atoms with E-state index in [0.29, 0.717) is 18.8 Å². The van der Waals surface area contributed by atoms with Gasteiger partial charge in [-0.25, -0.2) is 8.42 Å². The highest BCUT2D eigenvalue weighted by atomic mass is 35.5. The van der Waals surface area contributed by atoms with E-state index in [-0.39, 0.29) is 9.78 Å². The number of halogens is 1. The van der Waals surface area contributed by atoms with Gasteiger partial charge in [0.15, 0.2) is 9.84 Å². The molecular formula is C27H41ClO3S. The van der Waals surface area contributed by atoms with E-state index in [0.717, 1.165) is 55.2 Å². The fourth-order valence-electron chi connectivity index (χ4n) is 4.69. The number of allylic oxidation sites excluding steroid dienone is 5. The van der Waals surface area contributed by atoms with Gasteiger partial charge in [-0.2, -0.15) is 0 Å². The summed E-state index contributed by atoms with van der Waals surface area (Å²) in [7, 11) is -3.50. The topological polar surface area (TPSA) is 54.4 Å². The summed E-state index contributed by atoms with van der Waals surface area (Å²) in [5.41, 5.74) is 4.54. The van der Waals surface area contributed by atoms with Gasteiger partial charge in [0.05, 0.1) is 10.9 Å². The quantitative estimate of drug-likeness (QED) is 0.403. The van der Waals surface area contributed by atoms with Gasteiger partial charge >= 0.3 is 0 Å². The van der Waals surface area contributed by atoms with Crippen LogP contribution in [0.3, 0.4) is 0 Å². The molecule has 5 heteroatoms. The van der Waals surface area contributed by atoms with Crippen LogP contribution in [0.15, 0.2) is 58.0 Å². The fourth-order valence-corrected chi connectivity index (χ4v) is 6.42. The molecule has 0 saturated heterocycles. The molecule has 2 rings (SSSR count). The molecule has 180 valence electrons. The molecule has 2 saturated carbocycles. The first-order chi connectivity index (χ1) is 14.7. The smallest absolute Gasteiger partial charge is 0.193 e. The van der Waals surface area contributed by atoms with Gasteiger partial charge in [-0.1, -0.05) is 68.0 Å². The molecule has 3 atom stereocenters. The lowest BCUT2D eigenvalue weighted by Crippen LogP contribution is -2.32. The standard InChI is InChI=1S/C27H41ClO3S/c1-19(11-8-15-25(28)32(30,31)26(4,5)6)27(7)18-10-13-23(21(27)3)17-16-22-12-9-14-24(29)20(22)2/h15-17,21,24,29H,1-2,8-14,18H2,3-7H3/b22-16-,23-17+,25-15+. The van der Waals surface area contributed by atoms with Crippen LogP contribution in [0.4, 0.5) is 0 Å². The van der Waals surface area contributed by atoms with Gasteiger partial charge < -0.3 is 5.11 Å².